The molecule has 0 spiro atoms. The molecule has 3 atom stereocenters. The molecule has 0 aliphatic carbocycles. The zero-order valence-electron chi connectivity index (χ0n) is 35.7. The summed E-state index contributed by atoms with van der Waals surface area (Å²) in [7, 11) is 0. The summed E-state index contributed by atoms with van der Waals surface area (Å²) < 4.78 is 5.78. The summed E-state index contributed by atoms with van der Waals surface area (Å²) in [5.41, 5.74) is 0. The van der Waals surface area contributed by atoms with Gasteiger partial charge in [0, 0.05) is 12.8 Å². The van der Waals surface area contributed by atoms with Gasteiger partial charge >= 0.3 is 5.97 Å². The maximum atomic E-state index is 13.1. The van der Waals surface area contributed by atoms with Crippen LogP contribution in [0.2, 0.25) is 0 Å². The van der Waals surface area contributed by atoms with Gasteiger partial charge in [-0.3, -0.25) is 9.59 Å². The second kappa shape index (κ2) is 42.7. The van der Waals surface area contributed by atoms with Gasteiger partial charge in [-0.05, 0) is 57.8 Å². The normalized spacial score (nSPS) is 14.4. The molecule has 56 heavy (non-hydrogen) atoms. The van der Waals surface area contributed by atoms with E-state index < -0.39 is 18.2 Å². The van der Waals surface area contributed by atoms with Crippen molar-refractivity contribution in [1.82, 2.24) is 5.32 Å². The number of esters is 1. The van der Waals surface area contributed by atoms with Crippen LogP contribution in [0, 0.1) is 0 Å². The average molecular weight is 776 g/mol. The molecule has 0 heterocycles. The predicted molar refractivity (Wildman–Crippen MR) is 240 cm³/mol. The molecule has 3 N–H and O–H groups in total. The summed E-state index contributed by atoms with van der Waals surface area (Å²) in [6, 6.07) is -0.755. The summed E-state index contributed by atoms with van der Waals surface area (Å²) in [6.07, 6.45) is 57.5. The van der Waals surface area contributed by atoms with Gasteiger partial charge in [-0.2, -0.15) is 0 Å². The van der Waals surface area contributed by atoms with Gasteiger partial charge in [0.1, 0.15) is 6.10 Å². The molecule has 0 radical (unpaired) electrons. The summed E-state index contributed by atoms with van der Waals surface area (Å²) in [4.78, 5) is 25.9. The molecule has 6 nitrogen and oxygen atoms in total. The van der Waals surface area contributed by atoms with Gasteiger partial charge in [-0.25, -0.2) is 0 Å². The number of aliphatic hydroxyl groups is 2. The molecule has 0 aromatic carbocycles. The highest BCUT2D eigenvalue weighted by Crippen LogP contribution is 2.14. The van der Waals surface area contributed by atoms with E-state index in [2.05, 4.69) is 80.8 Å². The second-order valence-corrected chi connectivity index (χ2v) is 14.5. The van der Waals surface area contributed by atoms with Gasteiger partial charge in [0.2, 0.25) is 5.91 Å². The third-order valence-corrected chi connectivity index (χ3v) is 9.22. The Labute approximate surface area is 343 Å². The lowest BCUT2D eigenvalue weighted by atomic mass is 10.0. The molecule has 0 saturated heterocycles. The monoisotopic (exact) mass is 776 g/mol. The molecule has 3 unspecified atom stereocenters. The molecule has 0 fully saturated rings. The van der Waals surface area contributed by atoms with Crippen LogP contribution < -0.4 is 5.32 Å². The van der Waals surface area contributed by atoms with Crippen molar-refractivity contribution in [1.29, 1.82) is 0 Å². The average Bonchev–Trinajstić information content (AvgIpc) is 3.19. The van der Waals surface area contributed by atoms with Crippen LogP contribution in [0.25, 0.3) is 0 Å². The van der Waals surface area contributed by atoms with E-state index in [4.69, 9.17) is 4.74 Å². The number of amides is 1. The third-order valence-electron chi connectivity index (χ3n) is 9.22. The van der Waals surface area contributed by atoms with Crippen LogP contribution in [0.1, 0.15) is 168 Å². The molecule has 0 aliphatic rings. The Morgan fingerprint density at radius 2 is 1.05 bits per heavy atom. The number of nitrogens with one attached hydrogen (secondary N) is 1. The van der Waals surface area contributed by atoms with E-state index in [0.717, 1.165) is 51.4 Å². The van der Waals surface area contributed by atoms with E-state index in [1.807, 2.05) is 54.7 Å². The minimum absolute atomic E-state index is 0.0474. The minimum Gasteiger partial charge on any atom is -0.461 e. The van der Waals surface area contributed by atoms with Gasteiger partial charge in [-0.1, -0.05) is 201 Å². The lowest BCUT2D eigenvalue weighted by Gasteiger charge is -2.24. The van der Waals surface area contributed by atoms with Crippen molar-refractivity contribution in [3.63, 3.8) is 0 Å². The molecular formula is C50H81NO5. The zero-order chi connectivity index (χ0) is 41.0. The topological polar surface area (TPSA) is 95.9 Å². The Bertz CT molecular complexity index is 1190. The van der Waals surface area contributed by atoms with E-state index in [-0.39, 0.29) is 31.3 Å². The number of aliphatic hydroxyl groups excluding tert-OH is 2. The Balaban J connectivity index is 4.84. The van der Waals surface area contributed by atoms with Crippen LogP contribution in [0.4, 0.5) is 0 Å². The number of ether oxygens (including phenoxy) is 1. The summed E-state index contributed by atoms with van der Waals surface area (Å²) >= 11 is 0. The minimum atomic E-state index is -0.831. The SMILES string of the molecule is CC/C=C/C=C/C=C\C=C/C=C/CC(CC(=O)NC(CO)C(O)CCCCCCCCCCC)OC(=O)CCC/C=C\C/C=C\C/C=C\C/C=C\CCCCC. The summed E-state index contributed by atoms with van der Waals surface area (Å²) in [6.45, 7) is 6.20. The highest BCUT2D eigenvalue weighted by atomic mass is 16.5. The van der Waals surface area contributed by atoms with E-state index in [9.17, 15) is 19.8 Å². The van der Waals surface area contributed by atoms with Gasteiger partial charge in [0.05, 0.1) is 25.2 Å². The van der Waals surface area contributed by atoms with Crippen molar-refractivity contribution in [2.45, 2.75) is 187 Å². The largest absolute Gasteiger partial charge is 0.461 e. The smallest absolute Gasteiger partial charge is 0.306 e. The number of unbranched alkanes of at least 4 members (excludes halogenated alkanes) is 12. The van der Waals surface area contributed by atoms with E-state index in [0.29, 0.717) is 19.3 Å². The maximum absolute atomic E-state index is 13.1. The Kier molecular flexibility index (Phi) is 40.0. The summed E-state index contributed by atoms with van der Waals surface area (Å²) in [5.74, 6) is -0.691. The third kappa shape index (κ3) is 37.4. The van der Waals surface area contributed by atoms with Crippen molar-refractivity contribution in [2.75, 3.05) is 6.61 Å². The van der Waals surface area contributed by atoms with Crippen LogP contribution >= 0.6 is 0 Å². The molecule has 0 saturated carbocycles. The number of hydrogen-bond donors (Lipinski definition) is 3. The van der Waals surface area contributed by atoms with Crippen LogP contribution in [-0.4, -0.2) is 46.9 Å². The number of hydrogen-bond acceptors (Lipinski definition) is 5. The van der Waals surface area contributed by atoms with Crippen molar-refractivity contribution >= 4 is 11.9 Å². The molecule has 0 bridgehead atoms. The van der Waals surface area contributed by atoms with E-state index in [1.54, 1.807) is 0 Å². The first kappa shape index (κ1) is 52.5. The number of carbonyl (C=O) groups is 2. The molecule has 0 aromatic heterocycles. The number of carbonyl (C=O) groups excluding carboxylic acids is 2. The first-order valence-electron chi connectivity index (χ1n) is 22.2. The fourth-order valence-corrected chi connectivity index (χ4v) is 5.85. The maximum Gasteiger partial charge on any atom is 0.306 e. The van der Waals surface area contributed by atoms with Gasteiger partial charge in [0.25, 0.3) is 0 Å². The van der Waals surface area contributed by atoms with Crippen LogP contribution in [-0.2, 0) is 14.3 Å². The van der Waals surface area contributed by atoms with Crippen molar-refractivity contribution in [2.24, 2.45) is 0 Å². The Hall–Kier alpha value is -3.48. The highest BCUT2D eigenvalue weighted by Gasteiger charge is 2.23. The molecule has 0 aromatic rings. The zero-order valence-corrected chi connectivity index (χ0v) is 35.7. The lowest BCUT2D eigenvalue weighted by Crippen LogP contribution is -2.46. The molecule has 0 rings (SSSR count). The Morgan fingerprint density at radius 3 is 1.61 bits per heavy atom. The van der Waals surface area contributed by atoms with Crippen LogP contribution in [0.3, 0.4) is 0 Å². The fraction of sp³-hybridized carbons (Fsp3) is 0.600. The second-order valence-electron chi connectivity index (χ2n) is 14.5. The molecule has 1 amide bonds. The first-order chi connectivity index (χ1) is 27.5. The van der Waals surface area contributed by atoms with Crippen molar-refractivity contribution in [3.8, 4) is 0 Å². The predicted octanol–water partition coefficient (Wildman–Crippen LogP) is 12.8. The number of rotatable bonds is 37. The van der Waals surface area contributed by atoms with Crippen LogP contribution in [0.15, 0.2) is 109 Å². The lowest BCUT2D eigenvalue weighted by molar-refractivity contribution is -0.150. The van der Waals surface area contributed by atoms with Gasteiger partial charge < -0.3 is 20.3 Å². The summed E-state index contributed by atoms with van der Waals surface area (Å²) in [5, 5.41) is 23.5. The van der Waals surface area contributed by atoms with Crippen molar-refractivity contribution in [3.05, 3.63) is 109 Å². The molecule has 316 valence electrons. The van der Waals surface area contributed by atoms with Crippen LogP contribution in [0.5, 0.6) is 0 Å². The van der Waals surface area contributed by atoms with Gasteiger partial charge in [-0.15, -0.1) is 0 Å². The van der Waals surface area contributed by atoms with Gasteiger partial charge in [0.15, 0.2) is 0 Å². The molecule has 0 aliphatic heterocycles. The molecule has 6 heteroatoms. The standard InChI is InChI=1S/C50H81NO5/c1-4-7-10-13-16-19-21-22-23-24-25-26-28-31-34-37-40-43-50(55)56-46(41-38-35-32-30-27-20-17-14-11-8-5-2)44-49(54)51-47(45-52)48(53)42-39-36-33-29-18-15-12-9-6-3/h8,11,14,16-17,19-20,22-23,25-27,30-32,34-35,38,46-48,52-53H,4-7,9-10,12-13,15,18,21,24,28-29,33,36-37,39-45H2,1-3H3,(H,51,54)/b11-8+,17-14+,19-16-,23-22-,26-25-,27-20-,32-30-,34-31-,38-35+. The highest BCUT2D eigenvalue weighted by molar-refractivity contribution is 5.77. The first-order valence-corrected chi connectivity index (χ1v) is 22.2. The van der Waals surface area contributed by atoms with E-state index in [1.165, 1.54) is 64.2 Å². The van der Waals surface area contributed by atoms with E-state index >= 15 is 0 Å². The Morgan fingerprint density at radius 1 is 0.571 bits per heavy atom. The van der Waals surface area contributed by atoms with Crippen molar-refractivity contribution < 1.29 is 24.5 Å². The quantitative estimate of drug-likeness (QED) is 0.0253. The number of allylic oxidation sites excluding steroid dienone is 17. The molecular weight excluding hydrogens is 695 g/mol. The fourth-order valence-electron chi connectivity index (χ4n) is 5.85.